The summed E-state index contributed by atoms with van der Waals surface area (Å²) < 4.78 is 0. The molecule has 0 aliphatic heterocycles. The Bertz CT molecular complexity index is 281. The number of nitrogens with one attached hydrogen (secondary N) is 1. The molecule has 0 radical (unpaired) electrons. The molecule has 0 aromatic rings. The first-order valence-corrected chi connectivity index (χ1v) is 7.52. The van der Waals surface area contributed by atoms with Crippen LogP contribution >= 0.6 is 11.8 Å². The Hall–Kier alpha value is -0.420. The molecule has 0 aliphatic carbocycles. The van der Waals surface area contributed by atoms with Crippen LogP contribution in [0, 0.1) is 0 Å². The van der Waals surface area contributed by atoms with Gasteiger partial charge in [0.25, 0.3) is 0 Å². The minimum absolute atomic E-state index is 0.262. The predicted molar refractivity (Wildman–Crippen MR) is 73.5 cm³/mol. The summed E-state index contributed by atoms with van der Waals surface area (Å²) in [4.78, 5) is 10.9. The fourth-order valence-electron chi connectivity index (χ4n) is 1.50. The van der Waals surface area contributed by atoms with E-state index in [2.05, 4.69) is 5.32 Å². The molecule has 0 heterocycles. The van der Waals surface area contributed by atoms with E-state index < -0.39 is 43.0 Å². The molecule has 0 aromatic carbocycles. The van der Waals surface area contributed by atoms with Gasteiger partial charge in [0.1, 0.15) is 24.4 Å². The summed E-state index contributed by atoms with van der Waals surface area (Å²) in [6.07, 6.45) is -4.27. The van der Waals surface area contributed by atoms with Crippen LogP contribution in [-0.4, -0.2) is 92.2 Å². The molecule has 120 valence electrons. The zero-order chi connectivity index (χ0) is 15.7. The van der Waals surface area contributed by atoms with Gasteiger partial charge in [0, 0.05) is 6.54 Å². The second-order valence-electron chi connectivity index (χ2n) is 4.38. The average Bonchev–Trinajstić information content (AvgIpc) is 2.43. The van der Waals surface area contributed by atoms with Crippen molar-refractivity contribution in [3.63, 3.8) is 0 Å². The van der Waals surface area contributed by atoms with Gasteiger partial charge in [-0.25, -0.2) is 0 Å². The average molecular weight is 313 g/mol. The van der Waals surface area contributed by atoms with Crippen LogP contribution in [0.1, 0.15) is 6.42 Å². The predicted octanol–water partition coefficient (Wildman–Crippen LogP) is -2.78. The van der Waals surface area contributed by atoms with Crippen LogP contribution in [0.4, 0.5) is 0 Å². The van der Waals surface area contributed by atoms with Crippen LogP contribution in [0.25, 0.3) is 0 Å². The number of carbonyl (C=O) groups is 1. The van der Waals surface area contributed by atoms with Crippen LogP contribution in [0.3, 0.4) is 0 Å². The Morgan fingerprint density at radius 1 is 1.15 bits per heavy atom. The molecular formula is C11H23NO7S. The van der Waals surface area contributed by atoms with E-state index in [1.165, 1.54) is 11.8 Å². The largest absolute Gasteiger partial charge is 0.480 e. The number of carboxylic acid groups (broad SMARTS) is 1. The minimum Gasteiger partial charge on any atom is -0.480 e. The summed E-state index contributed by atoms with van der Waals surface area (Å²) in [5.74, 6) is -0.453. The number of carboxylic acids is 1. The minimum atomic E-state index is -1.72. The zero-order valence-electron chi connectivity index (χ0n) is 11.2. The van der Waals surface area contributed by atoms with Gasteiger partial charge < -0.3 is 36.0 Å². The van der Waals surface area contributed by atoms with Gasteiger partial charge in [-0.05, 0) is 18.4 Å². The molecule has 0 bridgehead atoms. The first kappa shape index (κ1) is 19.6. The van der Waals surface area contributed by atoms with E-state index in [4.69, 9.17) is 15.3 Å². The van der Waals surface area contributed by atoms with Crippen molar-refractivity contribution in [1.82, 2.24) is 5.32 Å². The maximum atomic E-state index is 10.9. The normalized spacial score (nSPS) is 19.1. The Morgan fingerprint density at radius 3 is 2.15 bits per heavy atom. The molecule has 0 aromatic heterocycles. The molecule has 5 unspecified atom stereocenters. The topological polar surface area (TPSA) is 150 Å². The number of rotatable bonds is 11. The summed E-state index contributed by atoms with van der Waals surface area (Å²) >= 11 is 1.48. The Kier molecular flexibility index (Phi) is 10.1. The van der Waals surface area contributed by atoms with Crippen LogP contribution in [-0.2, 0) is 4.79 Å². The molecule has 8 nitrogen and oxygen atoms in total. The lowest BCUT2D eigenvalue weighted by atomic mass is 10.0. The number of thioether (sulfide) groups is 1. The van der Waals surface area contributed by atoms with E-state index >= 15 is 0 Å². The Labute approximate surface area is 121 Å². The highest BCUT2D eigenvalue weighted by Gasteiger charge is 2.30. The van der Waals surface area contributed by atoms with Crippen molar-refractivity contribution >= 4 is 17.7 Å². The van der Waals surface area contributed by atoms with Crippen LogP contribution in [0.15, 0.2) is 0 Å². The molecule has 20 heavy (non-hydrogen) atoms. The first-order valence-electron chi connectivity index (χ1n) is 6.13. The molecule has 9 heteroatoms. The number of aliphatic hydroxyl groups excluding tert-OH is 5. The molecule has 0 saturated carbocycles. The summed E-state index contributed by atoms with van der Waals surface area (Å²) in [5.41, 5.74) is 0. The molecule has 0 spiro atoms. The quantitative estimate of drug-likeness (QED) is 0.215. The van der Waals surface area contributed by atoms with E-state index in [1.807, 2.05) is 6.26 Å². The highest BCUT2D eigenvalue weighted by Crippen LogP contribution is 2.06. The number of aliphatic hydroxyl groups is 5. The van der Waals surface area contributed by atoms with E-state index in [0.29, 0.717) is 12.2 Å². The van der Waals surface area contributed by atoms with Crippen molar-refractivity contribution in [3.05, 3.63) is 0 Å². The van der Waals surface area contributed by atoms with Gasteiger partial charge in [0.2, 0.25) is 0 Å². The van der Waals surface area contributed by atoms with Gasteiger partial charge in [-0.2, -0.15) is 11.8 Å². The molecule has 0 saturated heterocycles. The third-order valence-corrected chi connectivity index (χ3v) is 3.45. The fourth-order valence-corrected chi connectivity index (χ4v) is 1.97. The highest BCUT2D eigenvalue weighted by atomic mass is 32.2. The third kappa shape index (κ3) is 6.84. The zero-order valence-corrected chi connectivity index (χ0v) is 12.0. The van der Waals surface area contributed by atoms with E-state index in [1.54, 1.807) is 0 Å². The third-order valence-electron chi connectivity index (χ3n) is 2.81. The Balaban J connectivity index is 4.29. The maximum absolute atomic E-state index is 10.9. The smallest absolute Gasteiger partial charge is 0.320 e. The van der Waals surface area contributed by atoms with Crippen molar-refractivity contribution in [2.75, 3.05) is 25.2 Å². The van der Waals surface area contributed by atoms with E-state index in [9.17, 15) is 20.1 Å². The number of hydrogen-bond donors (Lipinski definition) is 7. The summed E-state index contributed by atoms with van der Waals surface area (Å²) in [5, 5.41) is 57.9. The van der Waals surface area contributed by atoms with Crippen molar-refractivity contribution in [2.45, 2.75) is 36.9 Å². The molecule has 0 amide bonds. The second kappa shape index (κ2) is 10.3. The monoisotopic (exact) mass is 313 g/mol. The van der Waals surface area contributed by atoms with Crippen molar-refractivity contribution in [2.24, 2.45) is 0 Å². The van der Waals surface area contributed by atoms with Crippen LogP contribution in [0.2, 0.25) is 0 Å². The van der Waals surface area contributed by atoms with Gasteiger partial charge in [0.15, 0.2) is 0 Å². The van der Waals surface area contributed by atoms with Crippen molar-refractivity contribution < 1.29 is 35.4 Å². The summed E-state index contributed by atoms with van der Waals surface area (Å²) in [6.45, 7) is -1.02. The lowest BCUT2D eigenvalue weighted by Gasteiger charge is -2.26. The molecule has 5 atom stereocenters. The van der Waals surface area contributed by atoms with E-state index in [0.717, 1.165) is 0 Å². The molecule has 0 aliphatic rings. The lowest BCUT2D eigenvalue weighted by molar-refractivity contribution is -0.140. The van der Waals surface area contributed by atoms with Gasteiger partial charge in [-0.1, -0.05) is 0 Å². The molecule has 7 N–H and O–H groups in total. The van der Waals surface area contributed by atoms with Gasteiger partial charge in [-0.15, -0.1) is 0 Å². The van der Waals surface area contributed by atoms with Crippen LogP contribution < -0.4 is 5.32 Å². The number of aliphatic carboxylic acids is 1. The van der Waals surface area contributed by atoms with Gasteiger partial charge in [-0.3, -0.25) is 4.79 Å². The molecule has 0 rings (SSSR count). The fraction of sp³-hybridized carbons (Fsp3) is 0.909. The van der Waals surface area contributed by atoms with Crippen LogP contribution in [0.5, 0.6) is 0 Å². The van der Waals surface area contributed by atoms with Gasteiger partial charge >= 0.3 is 5.97 Å². The summed E-state index contributed by atoms with van der Waals surface area (Å²) in [6, 6.07) is -0.871. The molecular weight excluding hydrogens is 290 g/mol. The SMILES string of the molecule is CSCCC(NCC(O)C(O)C(O)C(O)CO)C(=O)O. The Morgan fingerprint density at radius 2 is 1.70 bits per heavy atom. The van der Waals surface area contributed by atoms with Gasteiger partial charge in [0.05, 0.1) is 12.7 Å². The van der Waals surface area contributed by atoms with Crippen molar-refractivity contribution in [3.8, 4) is 0 Å². The summed E-state index contributed by atoms with van der Waals surface area (Å²) in [7, 11) is 0. The standard InChI is InChI=1S/C11H23NO7S/c1-20-3-2-6(11(18)19)12-4-7(14)9(16)10(17)8(15)5-13/h6-10,12-17H,2-5H2,1H3,(H,18,19). The van der Waals surface area contributed by atoms with E-state index in [-0.39, 0.29) is 6.54 Å². The first-order chi connectivity index (χ1) is 9.34. The molecule has 0 fully saturated rings. The van der Waals surface area contributed by atoms with Crippen molar-refractivity contribution in [1.29, 1.82) is 0 Å². The number of hydrogen-bond acceptors (Lipinski definition) is 8. The lowest BCUT2D eigenvalue weighted by Crippen LogP contribution is -2.51. The second-order valence-corrected chi connectivity index (χ2v) is 5.36. The maximum Gasteiger partial charge on any atom is 0.320 e. The highest BCUT2D eigenvalue weighted by molar-refractivity contribution is 7.98.